The lowest BCUT2D eigenvalue weighted by molar-refractivity contribution is 0.0474. The molecule has 0 saturated heterocycles. The lowest BCUT2D eigenvalue weighted by atomic mass is 9.94. The lowest BCUT2D eigenvalue weighted by Gasteiger charge is -2.25. The van der Waals surface area contributed by atoms with Gasteiger partial charge in [-0.05, 0) is 30.3 Å². The van der Waals surface area contributed by atoms with Gasteiger partial charge in [-0.25, -0.2) is 35.5 Å². The van der Waals surface area contributed by atoms with Gasteiger partial charge in [0.2, 0.25) is 30.1 Å². The van der Waals surface area contributed by atoms with Gasteiger partial charge in [0.25, 0.3) is 5.91 Å². The Balaban J connectivity index is 0.000000187. The summed E-state index contributed by atoms with van der Waals surface area (Å²) in [4.78, 5) is 11.0. The molecule has 0 spiro atoms. The summed E-state index contributed by atoms with van der Waals surface area (Å²) in [6.45, 7) is 0.0143. The maximum Gasteiger partial charge on any atom is 0.254 e. The summed E-state index contributed by atoms with van der Waals surface area (Å²) in [6, 6.07) is 12.5. The van der Waals surface area contributed by atoms with E-state index < -0.39 is 46.6 Å². The van der Waals surface area contributed by atoms with Crippen LogP contribution < -0.4 is 25.6 Å². The summed E-state index contributed by atoms with van der Waals surface area (Å²) < 4.78 is 71.0. The topological polar surface area (TPSA) is 228 Å². The minimum absolute atomic E-state index is 0.0143. The van der Waals surface area contributed by atoms with Crippen molar-refractivity contribution < 1.29 is 35.2 Å². The van der Waals surface area contributed by atoms with Crippen molar-refractivity contribution in [3.05, 3.63) is 81.3 Å². The van der Waals surface area contributed by atoms with Gasteiger partial charge in [0, 0.05) is 16.7 Å². The molecule has 0 fully saturated rings. The number of rotatable bonds is 3. The van der Waals surface area contributed by atoms with E-state index in [1.807, 2.05) is 0 Å². The Morgan fingerprint density at radius 2 is 1.51 bits per heavy atom. The standard InChI is InChI=1S/C14H11ClN2O4S.C7H8ClN3O4S2/c15-11-6-5-8(7-12(11)22(16,20)21)14(19)10-4-2-1-3-9(10)13(18)17-14;8-4-1-5-7(2-6(4)16(9,12)13)17(14,15)11-3-10-5/h1-7,19H,(H,17,18)(H2,16,20,21);1-2,10-11H,3H2,(H2,9,12,13). The minimum atomic E-state index is -4.07. The number of carbonyl (C=O) groups excluding carboxylic acids is 1. The van der Waals surface area contributed by atoms with E-state index in [0.29, 0.717) is 11.1 Å². The molecule has 2 aliphatic rings. The third-order valence-corrected chi connectivity index (χ3v) is 9.89. The zero-order valence-corrected chi connectivity index (χ0v) is 23.3. The number of sulfonamides is 3. The Bertz CT molecular complexity index is 1850. The average molecular weight is 637 g/mol. The fraction of sp³-hybridized carbons (Fsp3) is 0.0952. The number of hydrogen-bond acceptors (Lipinski definition) is 9. The first kappa shape index (κ1) is 29.2. The number of halogens is 2. The first-order valence-corrected chi connectivity index (χ1v) is 15.9. The molecule has 1 unspecified atom stereocenters. The average Bonchev–Trinajstić information content (AvgIpc) is 3.09. The van der Waals surface area contributed by atoms with Crippen LogP contribution in [0.1, 0.15) is 21.5 Å². The fourth-order valence-electron chi connectivity index (χ4n) is 3.89. The molecule has 8 N–H and O–H groups in total. The molecular formula is C21H19Cl2N5O8S3. The van der Waals surface area contributed by atoms with Crippen LogP contribution in [-0.2, 0) is 35.8 Å². The molecule has 0 radical (unpaired) electrons. The second-order valence-electron chi connectivity index (χ2n) is 8.23. The Morgan fingerprint density at radius 1 is 0.897 bits per heavy atom. The van der Waals surface area contributed by atoms with Gasteiger partial charge in [0.15, 0.2) is 5.72 Å². The van der Waals surface area contributed by atoms with Gasteiger partial charge in [0.05, 0.1) is 22.4 Å². The van der Waals surface area contributed by atoms with E-state index >= 15 is 0 Å². The van der Waals surface area contributed by atoms with Crippen molar-refractivity contribution in [1.82, 2.24) is 10.0 Å². The highest BCUT2D eigenvalue weighted by atomic mass is 35.5. The van der Waals surface area contributed by atoms with Gasteiger partial charge < -0.3 is 15.7 Å². The van der Waals surface area contributed by atoms with Gasteiger partial charge in [-0.2, -0.15) is 4.72 Å². The molecule has 39 heavy (non-hydrogen) atoms. The largest absolute Gasteiger partial charge is 0.370 e. The van der Waals surface area contributed by atoms with Crippen molar-refractivity contribution >= 4 is 64.9 Å². The molecule has 1 amide bonds. The number of hydrogen-bond donors (Lipinski definition) is 6. The first-order valence-electron chi connectivity index (χ1n) is 10.5. The highest BCUT2D eigenvalue weighted by Crippen LogP contribution is 2.37. The van der Waals surface area contributed by atoms with Crippen molar-refractivity contribution in [2.75, 3.05) is 12.0 Å². The maximum absolute atomic E-state index is 12.0. The Labute approximate surface area is 233 Å². The monoisotopic (exact) mass is 635 g/mol. The number of anilines is 1. The number of nitrogens with one attached hydrogen (secondary N) is 3. The molecule has 2 heterocycles. The van der Waals surface area contributed by atoms with E-state index in [0.717, 1.165) is 12.1 Å². The van der Waals surface area contributed by atoms with Gasteiger partial charge in [0.1, 0.15) is 14.7 Å². The predicted molar refractivity (Wildman–Crippen MR) is 141 cm³/mol. The van der Waals surface area contributed by atoms with E-state index in [9.17, 15) is 35.2 Å². The van der Waals surface area contributed by atoms with Crippen LogP contribution >= 0.6 is 23.2 Å². The van der Waals surface area contributed by atoms with Crippen molar-refractivity contribution in [1.29, 1.82) is 0 Å². The SMILES string of the molecule is NS(=O)(=O)c1cc(C2(O)NC(=O)c3ccccc32)ccc1Cl.NS(=O)(=O)c1cc2c(cc1Cl)NCNS2(=O)=O. The summed E-state index contributed by atoms with van der Waals surface area (Å²) >= 11 is 11.6. The fourth-order valence-corrected chi connectivity index (χ4v) is 7.24. The van der Waals surface area contributed by atoms with E-state index in [4.69, 9.17) is 33.5 Å². The number of carbonyl (C=O) groups is 1. The Hall–Kier alpha value is -2.80. The normalized spacial score (nSPS) is 19.6. The lowest BCUT2D eigenvalue weighted by Crippen LogP contribution is -2.40. The zero-order valence-electron chi connectivity index (χ0n) is 19.3. The summed E-state index contributed by atoms with van der Waals surface area (Å²) in [5.74, 6) is -0.454. The molecular weight excluding hydrogens is 617 g/mol. The van der Waals surface area contributed by atoms with Crippen LogP contribution in [-0.4, -0.2) is 42.9 Å². The molecule has 208 valence electrons. The quantitative estimate of drug-likeness (QED) is 0.236. The predicted octanol–water partition coefficient (Wildman–Crippen LogP) is 0.573. The van der Waals surface area contributed by atoms with E-state index in [1.54, 1.807) is 24.3 Å². The maximum atomic E-state index is 12.0. The summed E-state index contributed by atoms with van der Waals surface area (Å²) in [5, 5.41) is 25.9. The molecule has 1 atom stereocenters. The van der Waals surface area contributed by atoms with Crippen LogP contribution in [0.15, 0.2) is 69.3 Å². The number of nitrogens with two attached hydrogens (primary N) is 2. The number of primary sulfonamides is 2. The summed E-state index contributed by atoms with van der Waals surface area (Å²) in [6.07, 6.45) is 0. The Morgan fingerprint density at radius 3 is 2.15 bits per heavy atom. The number of benzene rings is 3. The van der Waals surface area contributed by atoms with Crippen molar-refractivity contribution in [2.45, 2.75) is 20.4 Å². The molecule has 0 aromatic heterocycles. The summed E-state index contributed by atoms with van der Waals surface area (Å²) in [7, 11) is -11.9. The highest BCUT2D eigenvalue weighted by molar-refractivity contribution is 7.90. The van der Waals surface area contributed by atoms with Gasteiger partial charge in [-0.3, -0.25) is 4.79 Å². The van der Waals surface area contributed by atoms with Crippen LogP contribution in [0.25, 0.3) is 0 Å². The summed E-state index contributed by atoms with van der Waals surface area (Å²) in [5.41, 5.74) is -0.794. The number of amides is 1. The van der Waals surface area contributed by atoms with E-state index in [-0.39, 0.29) is 37.8 Å². The number of aliphatic hydroxyl groups is 1. The second-order valence-corrected chi connectivity index (χ2v) is 13.8. The molecule has 18 heteroatoms. The first-order chi connectivity index (χ1) is 17.9. The zero-order chi connectivity index (χ0) is 29.0. The van der Waals surface area contributed by atoms with Gasteiger partial charge in [-0.1, -0.05) is 47.5 Å². The van der Waals surface area contributed by atoms with E-state index in [2.05, 4.69) is 15.4 Å². The van der Waals surface area contributed by atoms with Crippen molar-refractivity contribution in [3.63, 3.8) is 0 Å². The van der Waals surface area contributed by atoms with Crippen molar-refractivity contribution in [2.24, 2.45) is 10.3 Å². The number of fused-ring (bicyclic) bond motifs is 2. The second kappa shape index (κ2) is 9.99. The van der Waals surface area contributed by atoms with Gasteiger partial charge >= 0.3 is 0 Å². The van der Waals surface area contributed by atoms with Crippen LogP contribution in [0, 0.1) is 0 Å². The van der Waals surface area contributed by atoms with Crippen LogP contribution in [0.4, 0.5) is 5.69 Å². The van der Waals surface area contributed by atoms with Crippen molar-refractivity contribution in [3.8, 4) is 0 Å². The molecule has 0 bridgehead atoms. The molecule has 13 nitrogen and oxygen atoms in total. The minimum Gasteiger partial charge on any atom is -0.370 e. The third-order valence-electron chi connectivity index (χ3n) is 5.68. The smallest absolute Gasteiger partial charge is 0.254 e. The molecule has 3 aromatic rings. The molecule has 2 aliphatic heterocycles. The molecule has 5 rings (SSSR count). The third kappa shape index (κ3) is 5.60. The van der Waals surface area contributed by atoms with Crippen LogP contribution in [0.3, 0.4) is 0 Å². The van der Waals surface area contributed by atoms with Crippen LogP contribution in [0.2, 0.25) is 10.0 Å². The van der Waals surface area contributed by atoms with Crippen LogP contribution in [0.5, 0.6) is 0 Å². The van der Waals surface area contributed by atoms with Gasteiger partial charge in [-0.15, -0.1) is 0 Å². The highest BCUT2D eigenvalue weighted by Gasteiger charge is 2.43. The Kier molecular flexibility index (Phi) is 7.48. The molecule has 3 aromatic carbocycles. The molecule has 0 aliphatic carbocycles. The van der Waals surface area contributed by atoms with E-state index in [1.165, 1.54) is 18.2 Å². The molecule has 0 saturated carbocycles.